The Morgan fingerprint density at radius 3 is 2.76 bits per heavy atom. The summed E-state index contributed by atoms with van der Waals surface area (Å²) < 4.78 is 28.6. The molecule has 0 spiro atoms. The van der Waals surface area contributed by atoms with Crippen LogP contribution in [0.2, 0.25) is 0 Å². The number of piperidine rings is 1. The van der Waals surface area contributed by atoms with E-state index in [1.807, 2.05) is 19.2 Å². The van der Waals surface area contributed by atoms with Gasteiger partial charge in [0.1, 0.15) is 0 Å². The van der Waals surface area contributed by atoms with Gasteiger partial charge in [-0.05, 0) is 37.6 Å². The Bertz CT molecular complexity index is 533. The van der Waals surface area contributed by atoms with E-state index in [0.29, 0.717) is 19.6 Å². The molecular formula is C14H24N4O2S. The van der Waals surface area contributed by atoms with Crippen LogP contribution in [-0.2, 0) is 16.8 Å². The Labute approximate surface area is 127 Å². The molecule has 0 bridgehead atoms. The average molecular weight is 312 g/mol. The molecule has 1 aliphatic rings. The molecule has 1 fully saturated rings. The van der Waals surface area contributed by atoms with Gasteiger partial charge in [-0.25, -0.2) is 0 Å². The van der Waals surface area contributed by atoms with Crippen LogP contribution in [0.25, 0.3) is 0 Å². The van der Waals surface area contributed by atoms with Gasteiger partial charge < -0.3 is 5.32 Å². The number of aromatic nitrogens is 1. The maximum absolute atomic E-state index is 12.8. The van der Waals surface area contributed by atoms with E-state index >= 15 is 0 Å². The summed E-state index contributed by atoms with van der Waals surface area (Å²) in [6.45, 7) is 1.67. The van der Waals surface area contributed by atoms with Crippen molar-refractivity contribution >= 4 is 10.2 Å². The van der Waals surface area contributed by atoms with Gasteiger partial charge in [0, 0.05) is 45.1 Å². The predicted octanol–water partition coefficient (Wildman–Crippen LogP) is 0.832. The smallest absolute Gasteiger partial charge is 0.282 e. The summed E-state index contributed by atoms with van der Waals surface area (Å²) in [6.07, 6.45) is 6.30. The maximum Gasteiger partial charge on any atom is 0.282 e. The lowest BCUT2D eigenvalue weighted by molar-refractivity contribution is 0.232. The van der Waals surface area contributed by atoms with Crippen molar-refractivity contribution in [2.45, 2.75) is 31.8 Å². The molecule has 0 aliphatic carbocycles. The van der Waals surface area contributed by atoms with Crippen LogP contribution in [0.5, 0.6) is 0 Å². The molecule has 1 atom stereocenters. The van der Waals surface area contributed by atoms with Crippen molar-refractivity contribution in [1.29, 1.82) is 0 Å². The summed E-state index contributed by atoms with van der Waals surface area (Å²) in [5.74, 6) is 0. The summed E-state index contributed by atoms with van der Waals surface area (Å²) in [5, 5.41) is 3.10. The van der Waals surface area contributed by atoms with E-state index in [1.54, 1.807) is 23.7 Å². The highest BCUT2D eigenvalue weighted by Crippen LogP contribution is 2.22. The van der Waals surface area contributed by atoms with Crippen molar-refractivity contribution in [2.24, 2.45) is 0 Å². The molecule has 6 nitrogen and oxygen atoms in total. The fourth-order valence-electron chi connectivity index (χ4n) is 2.72. The summed E-state index contributed by atoms with van der Waals surface area (Å²) in [5.41, 5.74) is 0.943. The van der Waals surface area contributed by atoms with Crippen LogP contribution in [0.4, 0.5) is 0 Å². The summed E-state index contributed by atoms with van der Waals surface area (Å²) in [7, 11) is 0.0755. The van der Waals surface area contributed by atoms with Gasteiger partial charge in [-0.2, -0.15) is 17.0 Å². The van der Waals surface area contributed by atoms with Crippen LogP contribution in [0.3, 0.4) is 0 Å². The van der Waals surface area contributed by atoms with Gasteiger partial charge in [-0.15, -0.1) is 0 Å². The van der Waals surface area contributed by atoms with Gasteiger partial charge >= 0.3 is 0 Å². The molecular weight excluding hydrogens is 288 g/mol. The lowest BCUT2D eigenvalue weighted by atomic mass is 10.1. The van der Waals surface area contributed by atoms with Gasteiger partial charge in [0.25, 0.3) is 10.2 Å². The predicted molar refractivity (Wildman–Crippen MR) is 82.9 cm³/mol. The average Bonchev–Trinajstić information content (AvgIpc) is 2.49. The molecule has 7 heteroatoms. The van der Waals surface area contributed by atoms with E-state index in [2.05, 4.69) is 10.3 Å². The van der Waals surface area contributed by atoms with Gasteiger partial charge in [0.2, 0.25) is 0 Å². The lowest BCUT2D eigenvalue weighted by Crippen LogP contribution is -2.52. The molecule has 0 radical (unpaired) electrons. The molecule has 2 rings (SSSR count). The Kier molecular flexibility index (Phi) is 5.69. The molecule has 1 unspecified atom stereocenters. The van der Waals surface area contributed by atoms with E-state index in [-0.39, 0.29) is 6.04 Å². The van der Waals surface area contributed by atoms with Crippen molar-refractivity contribution in [3.63, 3.8) is 0 Å². The second kappa shape index (κ2) is 7.31. The van der Waals surface area contributed by atoms with Crippen LogP contribution >= 0.6 is 0 Å². The fourth-order valence-corrected chi connectivity index (χ4v) is 4.31. The first-order valence-corrected chi connectivity index (χ1v) is 8.72. The van der Waals surface area contributed by atoms with Crippen LogP contribution in [0.1, 0.15) is 24.8 Å². The molecule has 1 N–H and O–H groups in total. The van der Waals surface area contributed by atoms with Gasteiger partial charge in [-0.1, -0.05) is 6.42 Å². The first kappa shape index (κ1) is 16.4. The van der Waals surface area contributed by atoms with E-state index < -0.39 is 10.2 Å². The van der Waals surface area contributed by atoms with Crippen LogP contribution in [0.15, 0.2) is 24.5 Å². The minimum absolute atomic E-state index is 0.0497. The number of pyridine rings is 1. The highest BCUT2D eigenvalue weighted by Gasteiger charge is 2.34. The van der Waals surface area contributed by atoms with E-state index in [1.165, 1.54) is 4.31 Å². The van der Waals surface area contributed by atoms with Crippen molar-refractivity contribution in [3.05, 3.63) is 30.1 Å². The van der Waals surface area contributed by atoms with E-state index in [0.717, 1.165) is 24.8 Å². The Balaban J connectivity index is 2.11. The van der Waals surface area contributed by atoms with Crippen LogP contribution in [-0.4, -0.2) is 55.2 Å². The van der Waals surface area contributed by atoms with Crippen LogP contribution < -0.4 is 5.32 Å². The molecule has 0 saturated carbocycles. The minimum Gasteiger partial charge on any atom is -0.318 e. The van der Waals surface area contributed by atoms with E-state index in [9.17, 15) is 8.42 Å². The van der Waals surface area contributed by atoms with Crippen molar-refractivity contribution in [2.75, 3.05) is 27.2 Å². The molecule has 0 aromatic carbocycles. The number of likely N-dealkylation sites (N-methyl/N-ethyl adjacent to an activating group) is 1. The minimum atomic E-state index is -3.43. The monoisotopic (exact) mass is 312 g/mol. The fraction of sp³-hybridized carbons (Fsp3) is 0.643. The van der Waals surface area contributed by atoms with Crippen molar-refractivity contribution in [1.82, 2.24) is 18.9 Å². The number of hydrogen-bond acceptors (Lipinski definition) is 4. The Hall–Kier alpha value is -1.02. The zero-order valence-electron chi connectivity index (χ0n) is 12.7. The topological polar surface area (TPSA) is 65.5 Å². The quantitative estimate of drug-likeness (QED) is 0.845. The zero-order valence-corrected chi connectivity index (χ0v) is 13.5. The summed E-state index contributed by atoms with van der Waals surface area (Å²) in [4.78, 5) is 3.95. The van der Waals surface area contributed by atoms with Crippen LogP contribution in [0, 0.1) is 0 Å². The third-order valence-corrected chi connectivity index (χ3v) is 5.85. The molecule has 118 valence electrons. The molecule has 1 aromatic rings. The lowest BCUT2D eigenvalue weighted by Gasteiger charge is -2.37. The molecule has 1 aromatic heterocycles. The molecule has 1 saturated heterocycles. The van der Waals surface area contributed by atoms with Gasteiger partial charge in [-0.3, -0.25) is 4.98 Å². The molecule has 21 heavy (non-hydrogen) atoms. The number of nitrogens with one attached hydrogen (secondary N) is 1. The zero-order chi connectivity index (χ0) is 15.3. The van der Waals surface area contributed by atoms with Crippen molar-refractivity contribution < 1.29 is 8.42 Å². The van der Waals surface area contributed by atoms with Gasteiger partial charge in [0.15, 0.2) is 0 Å². The molecule has 0 amide bonds. The first-order valence-electron chi connectivity index (χ1n) is 7.32. The van der Waals surface area contributed by atoms with E-state index in [4.69, 9.17) is 0 Å². The largest absolute Gasteiger partial charge is 0.318 e. The third-order valence-electron chi connectivity index (χ3n) is 3.86. The number of nitrogens with zero attached hydrogens (tertiary/aromatic N) is 3. The Morgan fingerprint density at radius 2 is 2.10 bits per heavy atom. The number of rotatable bonds is 6. The molecule has 2 heterocycles. The van der Waals surface area contributed by atoms with Gasteiger partial charge in [0.05, 0.1) is 0 Å². The van der Waals surface area contributed by atoms with Crippen molar-refractivity contribution in [3.8, 4) is 0 Å². The maximum atomic E-state index is 12.8. The summed E-state index contributed by atoms with van der Waals surface area (Å²) >= 11 is 0. The SMILES string of the molecule is CNCC1CCCCN1S(=O)(=O)N(C)Cc1ccncc1. The highest BCUT2D eigenvalue weighted by atomic mass is 32.2. The Morgan fingerprint density at radius 1 is 1.38 bits per heavy atom. The second-order valence-corrected chi connectivity index (χ2v) is 7.43. The second-order valence-electron chi connectivity index (χ2n) is 5.44. The highest BCUT2D eigenvalue weighted by molar-refractivity contribution is 7.86. The number of hydrogen-bond donors (Lipinski definition) is 1. The molecule has 1 aliphatic heterocycles. The first-order chi connectivity index (χ1) is 10.1. The standard InChI is InChI=1S/C14H24N4O2S/c1-15-11-14-5-3-4-10-18(14)21(19,20)17(2)12-13-6-8-16-9-7-13/h6-9,14-15H,3-5,10-12H2,1-2H3. The normalized spacial score (nSPS) is 20.8. The third kappa shape index (κ3) is 4.00. The summed E-state index contributed by atoms with van der Waals surface area (Å²) in [6, 6.07) is 3.73.